The fourth-order valence-electron chi connectivity index (χ4n) is 1.90. The fourth-order valence-corrected chi connectivity index (χ4v) is 7.00. The van der Waals surface area contributed by atoms with Crippen LogP contribution in [0.4, 0.5) is 0 Å². The minimum absolute atomic E-state index is 0.172. The predicted octanol–water partition coefficient (Wildman–Crippen LogP) is 2.75. The van der Waals surface area contributed by atoms with Crippen LogP contribution in [0.25, 0.3) is 0 Å². The molecule has 0 aromatic carbocycles. The fraction of sp³-hybridized carbons (Fsp3) is 0.750. The van der Waals surface area contributed by atoms with Gasteiger partial charge in [0.1, 0.15) is 0 Å². The van der Waals surface area contributed by atoms with E-state index in [1.807, 2.05) is 0 Å². The number of allylic oxidation sites excluding steroid dienone is 1. The van der Waals surface area contributed by atoms with Crippen molar-refractivity contribution >= 4 is 39.4 Å². The van der Waals surface area contributed by atoms with E-state index in [1.54, 1.807) is 11.8 Å². The molecule has 0 radical (unpaired) electrons. The van der Waals surface area contributed by atoms with E-state index in [0.29, 0.717) is 10.3 Å². The second-order valence-electron chi connectivity index (χ2n) is 4.66. The number of rotatable bonds is 7. The molecule has 0 bridgehead atoms. The highest BCUT2D eigenvalue weighted by atomic mass is 32.2. The van der Waals surface area contributed by atoms with E-state index in [-0.39, 0.29) is 10.8 Å². The van der Waals surface area contributed by atoms with Gasteiger partial charge in [0.05, 0.1) is 4.58 Å². The summed E-state index contributed by atoms with van der Waals surface area (Å²) >= 11 is 3.16. The Hall–Kier alpha value is 0.0200. The van der Waals surface area contributed by atoms with Crippen LogP contribution in [0.5, 0.6) is 0 Å². The summed E-state index contributed by atoms with van der Waals surface area (Å²) in [6.45, 7) is 7.07. The molecule has 1 aliphatic heterocycles. The molecular weight excluding hydrogens is 304 g/mol. The zero-order chi connectivity index (χ0) is 14.6. The molecule has 1 saturated heterocycles. The van der Waals surface area contributed by atoms with Crippen LogP contribution in [0.15, 0.2) is 12.2 Å². The van der Waals surface area contributed by atoms with Crippen molar-refractivity contribution in [2.75, 3.05) is 5.75 Å². The van der Waals surface area contributed by atoms with Crippen molar-refractivity contribution in [3.63, 3.8) is 0 Å². The lowest BCUT2D eigenvalue weighted by molar-refractivity contribution is -0.115. The Morgan fingerprint density at radius 1 is 1.53 bits per heavy atom. The Kier molecular flexibility index (Phi) is 6.42. The normalized spacial score (nSPS) is 25.2. The van der Waals surface area contributed by atoms with E-state index in [1.165, 1.54) is 18.7 Å². The lowest BCUT2D eigenvalue weighted by Gasteiger charge is -2.18. The lowest BCUT2D eigenvalue weighted by Crippen LogP contribution is -2.39. The maximum atomic E-state index is 11.9. The summed E-state index contributed by atoms with van der Waals surface area (Å²) in [5.74, 6) is -0.000513. The molecule has 0 spiro atoms. The van der Waals surface area contributed by atoms with E-state index in [4.69, 9.17) is 0 Å². The molecule has 1 heterocycles. The largest absolute Gasteiger partial charge is 0.293 e. The Labute approximate surface area is 123 Å². The zero-order valence-electron chi connectivity index (χ0n) is 11.2. The molecule has 0 saturated carbocycles. The quantitative estimate of drug-likeness (QED) is 0.573. The van der Waals surface area contributed by atoms with Gasteiger partial charge in [0.25, 0.3) is 10.1 Å². The third-order valence-electron chi connectivity index (χ3n) is 2.90. The van der Waals surface area contributed by atoms with Crippen molar-refractivity contribution in [2.24, 2.45) is 0 Å². The van der Waals surface area contributed by atoms with Crippen LogP contribution < -0.4 is 0 Å². The Bertz CT molecular complexity index is 444. The highest BCUT2D eigenvalue weighted by Gasteiger charge is 2.43. The predicted molar refractivity (Wildman–Crippen MR) is 82.3 cm³/mol. The molecular formula is C12H20O4S3. The smallest absolute Gasteiger partial charge is 0.276 e. The van der Waals surface area contributed by atoms with Gasteiger partial charge in [-0.25, -0.2) is 0 Å². The van der Waals surface area contributed by atoms with Crippen molar-refractivity contribution in [3.05, 3.63) is 12.2 Å². The minimum Gasteiger partial charge on any atom is -0.293 e. The van der Waals surface area contributed by atoms with Crippen LogP contribution in [0.1, 0.15) is 33.1 Å². The summed E-state index contributed by atoms with van der Waals surface area (Å²) in [5, 5.41) is -1.75. The van der Waals surface area contributed by atoms with Gasteiger partial charge in [0.2, 0.25) is 0 Å². The van der Waals surface area contributed by atoms with Crippen molar-refractivity contribution in [2.45, 2.75) is 48.2 Å². The maximum absolute atomic E-state index is 11.9. The molecule has 3 atom stereocenters. The van der Waals surface area contributed by atoms with E-state index in [0.717, 1.165) is 19.3 Å². The second-order valence-corrected chi connectivity index (χ2v) is 9.18. The first-order valence-electron chi connectivity index (χ1n) is 6.20. The van der Waals surface area contributed by atoms with E-state index in [2.05, 4.69) is 13.5 Å². The van der Waals surface area contributed by atoms with E-state index < -0.39 is 21.2 Å². The van der Waals surface area contributed by atoms with Crippen LogP contribution in [0, 0.1) is 0 Å². The van der Waals surface area contributed by atoms with Crippen LogP contribution in [-0.4, -0.2) is 39.6 Å². The summed E-state index contributed by atoms with van der Waals surface area (Å²) in [6, 6.07) is 0. The molecule has 4 nitrogen and oxygen atoms in total. The van der Waals surface area contributed by atoms with Crippen LogP contribution in [0.2, 0.25) is 0 Å². The highest BCUT2D eigenvalue weighted by molar-refractivity contribution is 8.20. The molecule has 3 unspecified atom stereocenters. The van der Waals surface area contributed by atoms with Gasteiger partial charge >= 0.3 is 0 Å². The van der Waals surface area contributed by atoms with Gasteiger partial charge < -0.3 is 0 Å². The molecule has 0 aromatic heterocycles. The number of hydrogen-bond acceptors (Lipinski definition) is 5. The zero-order valence-corrected chi connectivity index (χ0v) is 13.6. The van der Waals surface area contributed by atoms with Gasteiger partial charge in [-0.1, -0.05) is 26.3 Å². The van der Waals surface area contributed by atoms with Gasteiger partial charge in [0.15, 0.2) is 11.0 Å². The standard InChI is InChI=1S/C12H20O4S3/c1-4-5-6-10-17-7-9(18-10)12(19(14,15)16)11(13)8(2)3/h9-10,12H,2,4-7H2,1,3H3,(H,14,15,16). The first-order chi connectivity index (χ1) is 8.77. The van der Waals surface area contributed by atoms with E-state index >= 15 is 0 Å². The number of thioether (sulfide) groups is 2. The molecule has 7 heteroatoms. The molecule has 0 aromatic rings. The molecule has 1 rings (SSSR count). The first-order valence-corrected chi connectivity index (χ1v) is 9.70. The highest BCUT2D eigenvalue weighted by Crippen LogP contribution is 2.43. The number of unbranched alkanes of at least 4 members (excludes halogenated alkanes) is 1. The molecule has 1 N–H and O–H groups in total. The SMILES string of the molecule is C=C(C)C(=O)C(C1CSC(CCCC)S1)S(=O)(=O)O. The van der Waals surface area contributed by atoms with Gasteiger partial charge in [-0.3, -0.25) is 9.35 Å². The summed E-state index contributed by atoms with van der Waals surface area (Å²) in [4.78, 5) is 11.9. The summed E-state index contributed by atoms with van der Waals surface area (Å²) in [7, 11) is -4.38. The number of Topliss-reactive ketones (excluding diaryl/α,β-unsaturated/α-hetero) is 1. The van der Waals surface area contributed by atoms with Crippen molar-refractivity contribution in [1.82, 2.24) is 0 Å². The van der Waals surface area contributed by atoms with Crippen molar-refractivity contribution < 1.29 is 17.8 Å². The van der Waals surface area contributed by atoms with Crippen molar-refractivity contribution in [3.8, 4) is 0 Å². The van der Waals surface area contributed by atoms with Crippen molar-refractivity contribution in [1.29, 1.82) is 0 Å². The molecule has 1 fully saturated rings. The molecule has 1 aliphatic rings. The number of ketones is 1. The number of carbonyl (C=O) groups excluding carboxylic acids is 1. The molecule has 19 heavy (non-hydrogen) atoms. The lowest BCUT2D eigenvalue weighted by atomic mass is 10.1. The Morgan fingerprint density at radius 2 is 2.16 bits per heavy atom. The average molecular weight is 324 g/mol. The van der Waals surface area contributed by atoms with E-state index in [9.17, 15) is 17.8 Å². The van der Waals surface area contributed by atoms with Crippen LogP contribution in [0.3, 0.4) is 0 Å². The van der Waals surface area contributed by atoms with Gasteiger partial charge in [-0.15, -0.1) is 23.5 Å². The monoisotopic (exact) mass is 324 g/mol. The summed E-state index contributed by atoms with van der Waals surface area (Å²) in [5.41, 5.74) is 0.172. The molecule has 0 amide bonds. The topological polar surface area (TPSA) is 71.4 Å². The Morgan fingerprint density at radius 3 is 2.63 bits per heavy atom. The molecule has 110 valence electrons. The number of carbonyl (C=O) groups is 1. The second kappa shape index (κ2) is 7.15. The Balaban J connectivity index is 2.79. The van der Waals surface area contributed by atoms with Gasteiger partial charge in [0, 0.05) is 11.0 Å². The number of hydrogen-bond donors (Lipinski definition) is 1. The maximum Gasteiger partial charge on any atom is 0.276 e. The van der Waals surface area contributed by atoms with Gasteiger partial charge in [-0.2, -0.15) is 8.42 Å². The van der Waals surface area contributed by atoms with Crippen LogP contribution >= 0.6 is 23.5 Å². The third-order valence-corrected chi connectivity index (χ3v) is 7.70. The molecule has 0 aliphatic carbocycles. The van der Waals surface area contributed by atoms with Crippen LogP contribution in [-0.2, 0) is 14.9 Å². The average Bonchev–Trinajstić information content (AvgIpc) is 2.72. The first kappa shape index (κ1) is 17.1. The summed E-state index contributed by atoms with van der Waals surface area (Å²) in [6.07, 6.45) is 3.18. The minimum atomic E-state index is -4.38. The summed E-state index contributed by atoms with van der Waals surface area (Å²) < 4.78 is 32.5. The van der Waals surface area contributed by atoms with Gasteiger partial charge in [-0.05, 0) is 18.9 Å². The third kappa shape index (κ3) is 4.81.